The summed E-state index contributed by atoms with van der Waals surface area (Å²) >= 11 is 9.23. The molecule has 0 radical (unpaired) electrons. The van der Waals surface area contributed by atoms with Gasteiger partial charge in [0, 0.05) is 16.8 Å². The second-order valence-electron chi connectivity index (χ2n) is 3.68. The first-order valence-electron chi connectivity index (χ1n) is 5.00. The van der Waals surface area contributed by atoms with Gasteiger partial charge in [0.1, 0.15) is 0 Å². The van der Waals surface area contributed by atoms with E-state index in [4.69, 9.17) is 16.3 Å². The smallest absolute Gasteiger partial charge is 0.229 e. The Labute approximate surface area is 107 Å². The first kappa shape index (κ1) is 11.9. The third kappa shape index (κ3) is 2.75. The largest absolute Gasteiger partial charge is 0.381 e. The van der Waals surface area contributed by atoms with Crippen LogP contribution in [0.2, 0.25) is 5.02 Å². The van der Waals surface area contributed by atoms with Gasteiger partial charge in [0.2, 0.25) is 5.91 Å². The van der Waals surface area contributed by atoms with Gasteiger partial charge in [-0.25, -0.2) is 0 Å². The first-order valence-corrected chi connectivity index (χ1v) is 6.17. The molecule has 86 valence electrons. The first-order chi connectivity index (χ1) is 7.66. The molecule has 1 fully saturated rings. The fourth-order valence-corrected chi connectivity index (χ4v) is 1.99. The zero-order valence-electron chi connectivity index (χ0n) is 8.50. The van der Waals surface area contributed by atoms with Crippen LogP contribution in [0.15, 0.2) is 22.7 Å². The molecule has 5 heteroatoms. The summed E-state index contributed by atoms with van der Waals surface area (Å²) in [6, 6.07) is 5.34. The Bertz CT molecular complexity index is 405. The summed E-state index contributed by atoms with van der Waals surface area (Å²) in [6.45, 7) is 1.18. The van der Waals surface area contributed by atoms with Crippen LogP contribution in [0.5, 0.6) is 0 Å². The molecular formula is C11H11BrClNO2. The van der Waals surface area contributed by atoms with E-state index in [0.717, 1.165) is 10.9 Å². The predicted molar refractivity (Wildman–Crippen MR) is 66.7 cm³/mol. The molecule has 2 rings (SSSR count). The van der Waals surface area contributed by atoms with Gasteiger partial charge in [-0.2, -0.15) is 0 Å². The average Bonchev–Trinajstić information content (AvgIpc) is 2.77. The van der Waals surface area contributed by atoms with Gasteiger partial charge < -0.3 is 10.1 Å². The van der Waals surface area contributed by atoms with Crippen LogP contribution in [-0.4, -0.2) is 19.1 Å². The number of halogens is 2. The molecule has 0 spiro atoms. The summed E-state index contributed by atoms with van der Waals surface area (Å²) in [7, 11) is 0. The fourth-order valence-electron chi connectivity index (χ4n) is 1.56. The molecule has 3 nitrogen and oxygen atoms in total. The minimum Gasteiger partial charge on any atom is -0.381 e. The number of rotatable bonds is 2. The maximum absolute atomic E-state index is 11.8. The van der Waals surface area contributed by atoms with Crippen molar-refractivity contribution in [3.63, 3.8) is 0 Å². The van der Waals surface area contributed by atoms with E-state index in [0.29, 0.717) is 23.9 Å². The van der Waals surface area contributed by atoms with Gasteiger partial charge in [0.25, 0.3) is 0 Å². The molecule has 1 heterocycles. The molecule has 1 atom stereocenters. The molecule has 16 heavy (non-hydrogen) atoms. The lowest BCUT2D eigenvalue weighted by molar-refractivity contribution is -0.119. The molecule has 1 aliphatic heterocycles. The Morgan fingerprint density at radius 1 is 1.56 bits per heavy atom. The Hall–Kier alpha value is -0.580. The molecule has 1 amide bonds. The second kappa shape index (κ2) is 5.17. The van der Waals surface area contributed by atoms with Gasteiger partial charge in [-0.1, -0.05) is 11.6 Å². The Morgan fingerprint density at radius 3 is 3.00 bits per heavy atom. The highest BCUT2D eigenvalue weighted by molar-refractivity contribution is 9.10. The quantitative estimate of drug-likeness (QED) is 0.912. The Balaban J connectivity index is 2.02. The number of nitrogens with one attached hydrogen (secondary N) is 1. The SMILES string of the molecule is O=C(Nc1ccc(Br)c(Cl)c1)C1CCOC1. The number of carbonyl (C=O) groups is 1. The third-order valence-electron chi connectivity index (χ3n) is 2.49. The van der Waals surface area contributed by atoms with E-state index in [2.05, 4.69) is 21.2 Å². The van der Waals surface area contributed by atoms with Crippen LogP contribution < -0.4 is 5.32 Å². The highest BCUT2D eigenvalue weighted by Crippen LogP contribution is 2.26. The topological polar surface area (TPSA) is 38.3 Å². The molecule has 1 N–H and O–H groups in total. The number of hydrogen-bond acceptors (Lipinski definition) is 2. The van der Waals surface area contributed by atoms with Crippen LogP contribution >= 0.6 is 27.5 Å². The molecular weight excluding hydrogens is 293 g/mol. The lowest BCUT2D eigenvalue weighted by Gasteiger charge is -2.09. The van der Waals surface area contributed by atoms with Crippen molar-refractivity contribution in [2.75, 3.05) is 18.5 Å². The highest BCUT2D eigenvalue weighted by Gasteiger charge is 2.23. The summed E-state index contributed by atoms with van der Waals surface area (Å²) < 4.78 is 5.98. The lowest BCUT2D eigenvalue weighted by atomic mass is 10.1. The standard InChI is InChI=1S/C11H11BrClNO2/c12-9-2-1-8(5-10(9)13)14-11(15)7-3-4-16-6-7/h1-2,5,7H,3-4,6H2,(H,14,15). The van der Waals surface area contributed by atoms with E-state index in [-0.39, 0.29) is 11.8 Å². The third-order valence-corrected chi connectivity index (χ3v) is 3.72. The number of hydrogen-bond donors (Lipinski definition) is 1. The Morgan fingerprint density at radius 2 is 2.38 bits per heavy atom. The van der Waals surface area contributed by atoms with Crippen LogP contribution in [0, 0.1) is 5.92 Å². The number of ether oxygens (including phenoxy) is 1. The van der Waals surface area contributed by atoms with E-state index in [1.54, 1.807) is 6.07 Å². The van der Waals surface area contributed by atoms with Crippen LogP contribution in [0.1, 0.15) is 6.42 Å². The van der Waals surface area contributed by atoms with Gasteiger partial charge in [0.15, 0.2) is 0 Å². The number of anilines is 1. The van der Waals surface area contributed by atoms with E-state index >= 15 is 0 Å². The molecule has 1 aromatic rings. The summed E-state index contributed by atoms with van der Waals surface area (Å²) in [5.74, 6) is -0.0432. The minimum atomic E-state index is -0.0394. The van der Waals surface area contributed by atoms with Crippen LogP contribution in [0.3, 0.4) is 0 Å². The molecule has 0 aromatic heterocycles. The van der Waals surface area contributed by atoms with Gasteiger partial charge in [-0.3, -0.25) is 4.79 Å². The zero-order chi connectivity index (χ0) is 11.5. The fraction of sp³-hybridized carbons (Fsp3) is 0.364. The summed E-state index contributed by atoms with van der Waals surface area (Å²) in [6.07, 6.45) is 0.788. The van der Waals surface area contributed by atoms with Gasteiger partial charge in [0.05, 0.1) is 17.5 Å². The summed E-state index contributed by atoms with van der Waals surface area (Å²) in [4.78, 5) is 11.8. The van der Waals surface area contributed by atoms with Gasteiger partial charge >= 0.3 is 0 Å². The van der Waals surface area contributed by atoms with E-state index < -0.39 is 0 Å². The van der Waals surface area contributed by atoms with Crippen molar-refractivity contribution in [2.45, 2.75) is 6.42 Å². The molecule has 0 aliphatic carbocycles. The zero-order valence-corrected chi connectivity index (χ0v) is 10.8. The predicted octanol–water partition coefficient (Wildman–Crippen LogP) is 3.08. The van der Waals surface area contributed by atoms with Crippen molar-refractivity contribution >= 4 is 39.1 Å². The number of carbonyl (C=O) groups excluding carboxylic acids is 1. The normalized spacial score (nSPS) is 19.8. The number of amides is 1. The van der Waals surface area contributed by atoms with Crippen LogP contribution in [-0.2, 0) is 9.53 Å². The summed E-state index contributed by atoms with van der Waals surface area (Å²) in [5, 5.41) is 3.41. The van der Waals surface area contributed by atoms with E-state index in [1.165, 1.54) is 0 Å². The van der Waals surface area contributed by atoms with Gasteiger partial charge in [-0.05, 0) is 40.5 Å². The number of benzene rings is 1. The molecule has 1 unspecified atom stereocenters. The van der Waals surface area contributed by atoms with Crippen molar-refractivity contribution in [3.05, 3.63) is 27.7 Å². The second-order valence-corrected chi connectivity index (χ2v) is 4.94. The Kier molecular flexibility index (Phi) is 3.84. The monoisotopic (exact) mass is 303 g/mol. The van der Waals surface area contributed by atoms with Crippen molar-refractivity contribution in [3.8, 4) is 0 Å². The molecule has 0 bridgehead atoms. The van der Waals surface area contributed by atoms with E-state index in [9.17, 15) is 4.79 Å². The van der Waals surface area contributed by atoms with Crippen LogP contribution in [0.25, 0.3) is 0 Å². The van der Waals surface area contributed by atoms with Crippen molar-refractivity contribution in [1.29, 1.82) is 0 Å². The minimum absolute atomic E-state index is 0.00381. The van der Waals surface area contributed by atoms with Crippen molar-refractivity contribution in [1.82, 2.24) is 0 Å². The average molecular weight is 305 g/mol. The van der Waals surface area contributed by atoms with E-state index in [1.807, 2.05) is 12.1 Å². The maximum Gasteiger partial charge on any atom is 0.229 e. The molecule has 1 saturated heterocycles. The van der Waals surface area contributed by atoms with Gasteiger partial charge in [-0.15, -0.1) is 0 Å². The van der Waals surface area contributed by atoms with Crippen LogP contribution in [0.4, 0.5) is 5.69 Å². The summed E-state index contributed by atoms with van der Waals surface area (Å²) in [5.41, 5.74) is 0.713. The lowest BCUT2D eigenvalue weighted by Crippen LogP contribution is -2.22. The molecule has 0 saturated carbocycles. The highest BCUT2D eigenvalue weighted by atomic mass is 79.9. The molecule has 1 aromatic carbocycles. The van der Waals surface area contributed by atoms with Crippen molar-refractivity contribution < 1.29 is 9.53 Å². The maximum atomic E-state index is 11.8. The molecule has 1 aliphatic rings. The van der Waals surface area contributed by atoms with Crippen molar-refractivity contribution in [2.24, 2.45) is 5.92 Å².